The number of nitrogens with two attached hydrogens (primary N) is 1. The Labute approximate surface area is 108 Å². The third kappa shape index (κ3) is 1.74. The first-order valence-corrected chi connectivity index (χ1v) is 5.64. The lowest BCUT2D eigenvalue weighted by atomic mass is 10.0. The van der Waals surface area contributed by atoms with E-state index in [1.54, 1.807) is 24.4 Å². The maximum absolute atomic E-state index is 5.87. The zero-order valence-electron chi connectivity index (χ0n) is 9.22. The number of halogens is 1. The van der Waals surface area contributed by atoms with Crippen molar-refractivity contribution in [2.24, 2.45) is 0 Å². The van der Waals surface area contributed by atoms with Crippen molar-refractivity contribution in [3.05, 3.63) is 41.6 Å². The Morgan fingerprint density at radius 3 is 2.61 bits per heavy atom. The predicted octanol–water partition coefficient (Wildman–Crippen LogP) is 2.97. The number of anilines is 1. The van der Waals surface area contributed by atoms with Crippen LogP contribution in [0, 0.1) is 0 Å². The molecule has 5 nitrogen and oxygen atoms in total. The molecule has 0 fully saturated rings. The van der Waals surface area contributed by atoms with Crippen LogP contribution in [0.3, 0.4) is 0 Å². The van der Waals surface area contributed by atoms with Gasteiger partial charge in [0.25, 0.3) is 0 Å². The van der Waals surface area contributed by atoms with Crippen LogP contribution in [0.2, 0.25) is 5.02 Å². The molecule has 0 bridgehead atoms. The van der Waals surface area contributed by atoms with Crippen LogP contribution in [-0.4, -0.2) is 15.4 Å². The van der Waals surface area contributed by atoms with Gasteiger partial charge in [0.1, 0.15) is 5.69 Å². The number of benzene rings is 1. The number of rotatable bonds is 2. The maximum atomic E-state index is 5.87. The van der Waals surface area contributed by atoms with E-state index < -0.39 is 0 Å². The van der Waals surface area contributed by atoms with E-state index >= 15 is 0 Å². The molecule has 0 aliphatic carbocycles. The fraction of sp³-hybridized carbons (Fsp3) is 0. The molecule has 0 unspecified atom stereocenters. The second kappa shape index (κ2) is 4.19. The van der Waals surface area contributed by atoms with E-state index in [0.717, 1.165) is 16.8 Å². The van der Waals surface area contributed by atoms with Gasteiger partial charge < -0.3 is 10.3 Å². The van der Waals surface area contributed by atoms with E-state index in [1.807, 2.05) is 12.1 Å². The van der Waals surface area contributed by atoms with Crippen molar-refractivity contribution in [3.8, 4) is 22.6 Å². The lowest BCUT2D eigenvalue weighted by molar-refractivity contribution is 0.435. The second-order valence-corrected chi connectivity index (χ2v) is 4.19. The van der Waals surface area contributed by atoms with Gasteiger partial charge in [-0.05, 0) is 23.8 Å². The van der Waals surface area contributed by atoms with Crippen LogP contribution >= 0.6 is 11.6 Å². The number of hydrogen-bond donors (Lipinski definition) is 2. The Kier molecular flexibility index (Phi) is 2.53. The van der Waals surface area contributed by atoms with Gasteiger partial charge in [-0.25, -0.2) is 0 Å². The Morgan fingerprint density at radius 1 is 1.17 bits per heavy atom. The van der Waals surface area contributed by atoms with Crippen molar-refractivity contribution < 1.29 is 4.52 Å². The molecule has 6 heteroatoms. The van der Waals surface area contributed by atoms with Gasteiger partial charge in [0.05, 0.1) is 5.56 Å². The third-order valence-electron chi connectivity index (χ3n) is 2.60. The van der Waals surface area contributed by atoms with Gasteiger partial charge in [0.2, 0.25) is 0 Å². The van der Waals surface area contributed by atoms with Gasteiger partial charge >= 0.3 is 0 Å². The summed E-state index contributed by atoms with van der Waals surface area (Å²) in [4.78, 5) is 0. The van der Waals surface area contributed by atoms with E-state index in [-0.39, 0.29) is 0 Å². The van der Waals surface area contributed by atoms with Crippen LogP contribution in [0.1, 0.15) is 0 Å². The second-order valence-electron chi connectivity index (χ2n) is 3.75. The highest BCUT2D eigenvalue weighted by atomic mass is 35.5. The Bertz CT molecular complexity index is 658. The van der Waals surface area contributed by atoms with E-state index in [2.05, 4.69) is 15.4 Å². The molecule has 18 heavy (non-hydrogen) atoms. The summed E-state index contributed by atoms with van der Waals surface area (Å²) in [5.41, 5.74) is 8.20. The summed E-state index contributed by atoms with van der Waals surface area (Å²) in [6.45, 7) is 0. The quantitative estimate of drug-likeness (QED) is 0.742. The van der Waals surface area contributed by atoms with Crippen molar-refractivity contribution in [1.82, 2.24) is 15.4 Å². The maximum Gasteiger partial charge on any atom is 0.194 e. The van der Waals surface area contributed by atoms with Crippen LogP contribution < -0.4 is 5.73 Å². The van der Waals surface area contributed by atoms with Crippen molar-refractivity contribution >= 4 is 17.4 Å². The van der Waals surface area contributed by atoms with Crippen molar-refractivity contribution in [3.63, 3.8) is 0 Å². The molecule has 90 valence electrons. The smallest absolute Gasteiger partial charge is 0.194 e. The van der Waals surface area contributed by atoms with Crippen LogP contribution in [0.15, 0.2) is 41.1 Å². The molecule has 0 aliphatic rings. The lowest BCUT2D eigenvalue weighted by Crippen LogP contribution is -1.88. The highest BCUT2D eigenvalue weighted by Gasteiger charge is 2.18. The average molecular weight is 261 g/mol. The number of nitrogen functional groups attached to an aromatic ring is 1. The summed E-state index contributed by atoms with van der Waals surface area (Å²) in [7, 11) is 0. The number of aromatic amines is 1. The lowest BCUT2D eigenvalue weighted by Gasteiger charge is -2.01. The minimum absolute atomic E-state index is 0.335. The van der Waals surface area contributed by atoms with Crippen LogP contribution in [0.25, 0.3) is 22.6 Å². The normalized spacial score (nSPS) is 10.7. The van der Waals surface area contributed by atoms with Crippen LogP contribution in [0.4, 0.5) is 5.82 Å². The zero-order valence-corrected chi connectivity index (χ0v) is 9.98. The topological polar surface area (TPSA) is 80.7 Å². The van der Waals surface area contributed by atoms with Gasteiger partial charge in [-0.1, -0.05) is 28.9 Å². The van der Waals surface area contributed by atoms with Gasteiger partial charge in [-0.15, -0.1) is 0 Å². The SMILES string of the molecule is Nc1noc(-c2ccn[nH]2)c1-c1ccc(Cl)cc1. The van der Waals surface area contributed by atoms with Gasteiger partial charge in [0, 0.05) is 11.2 Å². The van der Waals surface area contributed by atoms with Gasteiger partial charge in [-0.3, -0.25) is 5.10 Å². The molecule has 0 spiro atoms. The minimum atomic E-state index is 0.335. The summed E-state index contributed by atoms with van der Waals surface area (Å²) in [5.74, 6) is 0.897. The summed E-state index contributed by atoms with van der Waals surface area (Å²) in [6, 6.07) is 9.11. The molecule has 1 aromatic carbocycles. The molecular formula is C12H9ClN4O. The molecule has 0 aliphatic heterocycles. The van der Waals surface area contributed by atoms with E-state index in [9.17, 15) is 0 Å². The first-order chi connectivity index (χ1) is 8.75. The van der Waals surface area contributed by atoms with Crippen molar-refractivity contribution in [2.45, 2.75) is 0 Å². The third-order valence-corrected chi connectivity index (χ3v) is 2.85. The molecule has 0 saturated carbocycles. The monoisotopic (exact) mass is 260 g/mol. The number of nitrogens with zero attached hydrogens (tertiary/aromatic N) is 2. The predicted molar refractivity (Wildman–Crippen MR) is 68.9 cm³/mol. The molecule has 3 rings (SSSR count). The highest BCUT2D eigenvalue weighted by molar-refractivity contribution is 6.30. The van der Waals surface area contributed by atoms with Crippen LogP contribution in [-0.2, 0) is 0 Å². The van der Waals surface area contributed by atoms with E-state index in [0.29, 0.717) is 16.6 Å². The number of aromatic nitrogens is 3. The molecule has 0 atom stereocenters. The summed E-state index contributed by atoms with van der Waals surface area (Å²) < 4.78 is 5.25. The van der Waals surface area contributed by atoms with Crippen LogP contribution in [0.5, 0.6) is 0 Å². The molecule has 3 aromatic rings. The molecule has 0 amide bonds. The van der Waals surface area contributed by atoms with Crippen molar-refractivity contribution in [2.75, 3.05) is 5.73 Å². The van der Waals surface area contributed by atoms with Gasteiger partial charge in [-0.2, -0.15) is 5.10 Å². The molecular weight excluding hydrogens is 252 g/mol. The molecule has 3 N–H and O–H groups in total. The zero-order chi connectivity index (χ0) is 12.5. The number of nitrogens with one attached hydrogen (secondary N) is 1. The summed E-state index contributed by atoms with van der Waals surface area (Å²) >= 11 is 5.87. The Balaban J connectivity index is 2.17. The van der Waals surface area contributed by atoms with Gasteiger partial charge in [0.15, 0.2) is 11.6 Å². The molecule has 0 radical (unpaired) electrons. The minimum Gasteiger partial charge on any atom is -0.380 e. The average Bonchev–Trinajstić information content (AvgIpc) is 2.99. The molecule has 2 heterocycles. The Morgan fingerprint density at radius 2 is 1.94 bits per heavy atom. The fourth-order valence-electron chi connectivity index (χ4n) is 1.76. The summed E-state index contributed by atoms with van der Waals surface area (Å²) in [5, 5.41) is 11.2. The molecule has 0 saturated heterocycles. The standard InChI is InChI=1S/C12H9ClN4O/c13-8-3-1-7(2-4-8)10-11(18-17-12(10)14)9-5-6-15-16-9/h1-6H,(H2,14,17)(H,15,16). The Hall–Kier alpha value is -2.27. The highest BCUT2D eigenvalue weighted by Crippen LogP contribution is 2.35. The fourth-order valence-corrected chi connectivity index (χ4v) is 1.89. The number of hydrogen-bond acceptors (Lipinski definition) is 4. The first kappa shape index (κ1) is 10.9. The van der Waals surface area contributed by atoms with E-state index in [1.165, 1.54) is 0 Å². The number of H-pyrrole nitrogens is 1. The van der Waals surface area contributed by atoms with E-state index in [4.69, 9.17) is 21.9 Å². The largest absolute Gasteiger partial charge is 0.380 e. The first-order valence-electron chi connectivity index (χ1n) is 5.26. The summed E-state index contributed by atoms with van der Waals surface area (Å²) in [6.07, 6.45) is 1.64. The molecule has 2 aromatic heterocycles. The van der Waals surface area contributed by atoms with Crippen molar-refractivity contribution in [1.29, 1.82) is 0 Å².